The Morgan fingerprint density at radius 2 is 2.60 bits per heavy atom. The van der Waals surface area contributed by atoms with Gasteiger partial charge in [0.15, 0.2) is 0 Å². The lowest BCUT2D eigenvalue weighted by atomic mass is 10.2. The molecular formula is C10H15ClN2OS. The zero-order chi connectivity index (χ0) is 10.7. The molecule has 0 saturated carbocycles. The van der Waals surface area contributed by atoms with E-state index in [2.05, 4.69) is 16.9 Å². The summed E-state index contributed by atoms with van der Waals surface area (Å²) < 4.78 is 5.36. The number of ether oxygens (including phenoxy) is 1. The molecule has 0 aromatic carbocycles. The fourth-order valence-electron chi connectivity index (χ4n) is 1.70. The highest BCUT2D eigenvalue weighted by Crippen LogP contribution is 2.17. The zero-order valence-corrected chi connectivity index (χ0v) is 10.4. The first-order valence-corrected chi connectivity index (χ1v) is 6.48. The highest BCUT2D eigenvalue weighted by Gasteiger charge is 2.20. The first-order chi connectivity index (χ1) is 7.29. The van der Waals surface area contributed by atoms with Crippen LogP contribution in [0.15, 0.2) is 5.38 Å². The second-order valence-electron chi connectivity index (χ2n) is 3.80. The van der Waals surface area contributed by atoms with Crippen LogP contribution in [0.25, 0.3) is 0 Å². The summed E-state index contributed by atoms with van der Waals surface area (Å²) in [5, 5.41) is 3.17. The van der Waals surface area contributed by atoms with Crippen molar-refractivity contribution in [3.8, 4) is 0 Å². The van der Waals surface area contributed by atoms with Gasteiger partial charge in [-0.3, -0.25) is 4.90 Å². The summed E-state index contributed by atoms with van der Waals surface area (Å²) in [4.78, 5) is 6.75. The molecule has 0 radical (unpaired) electrons. The van der Waals surface area contributed by atoms with Gasteiger partial charge in [0, 0.05) is 18.0 Å². The van der Waals surface area contributed by atoms with Crippen molar-refractivity contribution in [2.24, 2.45) is 0 Å². The minimum atomic E-state index is 0.507. The first-order valence-electron chi connectivity index (χ1n) is 5.07. The molecule has 0 spiro atoms. The van der Waals surface area contributed by atoms with E-state index in [9.17, 15) is 0 Å². The molecule has 0 amide bonds. The summed E-state index contributed by atoms with van der Waals surface area (Å²) in [7, 11) is 2.13. The Balaban J connectivity index is 1.89. The average molecular weight is 247 g/mol. The number of rotatable bonds is 4. The topological polar surface area (TPSA) is 25.4 Å². The smallest absolute Gasteiger partial charge is 0.107 e. The van der Waals surface area contributed by atoms with Gasteiger partial charge in [-0.2, -0.15) is 0 Å². The number of alkyl halides is 1. The van der Waals surface area contributed by atoms with Crippen molar-refractivity contribution in [1.82, 2.24) is 9.88 Å². The molecule has 15 heavy (non-hydrogen) atoms. The van der Waals surface area contributed by atoms with Crippen LogP contribution in [0.3, 0.4) is 0 Å². The average Bonchev–Trinajstić information content (AvgIpc) is 2.87. The maximum atomic E-state index is 5.71. The van der Waals surface area contributed by atoms with E-state index in [0.29, 0.717) is 11.9 Å². The standard InChI is InChI=1S/C10H15ClN2OS/c1-13(9-2-3-14-6-9)5-10-12-8(4-11)7-15-10/h7,9H,2-6H2,1H3. The molecule has 0 N–H and O–H groups in total. The summed E-state index contributed by atoms with van der Waals surface area (Å²) in [6.45, 7) is 2.64. The van der Waals surface area contributed by atoms with E-state index >= 15 is 0 Å². The van der Waals surface area contributed by atoms with Crippen LogP contribution in [-0.2, 0) is 17.2 Å². The van der Waals surface area contributed by atoms with Crippen LogP contribution in [0.2, 0.25) is 0 Å². The van der Waals surface area contributed by atoms with E-state index in [1.807, 2.05) is 5.38 Å². The quantitative estimate of drug-likeness (QED) is 0.761. The summed E-state index contributed by atoms with van der Waals surface area (Å²) >= 11 is 7.40. The molecule has 3 nitrogen and oxygen atoms in total. The molecule has 0 bridgehead atoms. The molecule has 1 unspecified atom stereocenters. The van der Waals surface area contributed by atoms with Crippen molar-refractivity contribution in [2.45, 2.75) is 24.9 Å². The Labute approximate surface area is 99.0 Å². The largest absolute Gasteiger partial charge is 0.380 e. The molecule has 84 valence electrons. The van der Waals surface area contributed by atoms with E-state index in [1.54, 1.807) is 11.3 Å². The predicted octanol–water partition coefficient (Wildman–Crippen LogP) is 2.10. The third-order valence-electron chi connectivity index (χ3n) is 2.65. The molecular weight excluding hydrogens is 232 g/mol. The molecule has 1 atom stereocenters. The Morgan fingerprint density at radius 3 is 3.20 bits per heavy atom. The number of thiazole rings is 1. The van der Waals surface area contributed by atoms with Gasteiger partial charge in [-0.1, -0.05) is 0 Å². The van der Waals surface area contributed by atoms with Crippen LogP contribution < -0.4 is 0 Å². The van der Waals surface area contributed by atoms with Crippen molar-refractivity contribution in [3.63, 3.8) is 0 Å². The van der Waals surface area contributed by atoms with E-state index in [4.69, 9.17) is 16.3 Å². The number of halogens is 1. The lowest BCUT2D eigenvalue weighted by Crippen LogP contribution is -2.31. The third-order valence-corrected chi connectivity index (χ3v) is 3.81. The normalized spacial score (nSPS) is 21.4. The van der Waals surface area contributed by atoms with Crippen molar-refractivity contribution in [1.29, 1.82) is 0 Å². The molecule has 0 aliphatic carbocycles. The van der Waals surface area contributed by atoms with Crippen molar-refractivity contribution in [2.75, 3.05) is 20.3 Å². The van der Waals surface area contributed by atoms with Crippen LogP contribution in [0, 0.1) is 0 Å². The SMILES string of the molecule is CN(Cc1nc(CCl)cs1)C1CCOC1. The molecule has 2 rings (SSSR count). The van der Waals surface area contributed by atoms with E-state index in [0.717, 1.165) is 36.9 Å². The van der Waals surface area contributed by atoms with Gasteiger partial charge in [-0.15, -0.1) is 22.9 Å². The monoisotopic (exact) mass is 246 g/mol. The Bertz CT molecular complexity index is 312. The van der Waals surface area contributed by atoms with Gasteiger partial charge in [-0.05, 0) is 13.5 Å². The number of hydrogen-bond donors (Lipinski definition) is 0. The fourth-order valence-corrected chi connectivity index (χ4v) is 2.78. The van der Waals surface area contributed by atoms with E-state index in [-0.39, 0.29) is 0 Å². The van der Waals surface area contributed by atoms with Gasteiger partial charge in [0.25, 0.3) is 0 Å². The van der Waals surface area contributed by atoms with Crippen molar-refractivity contribution < 1.29 is 4.74 Å². The Kier molecular flexibility index (Phi) is 3.97. The van der Waals surface area contributed by atoms with Crippen LogP contribution in [0.1, 0.15) is 17.1 Å². The first kappa shape index (κ1) is 11.3. The number of likely N-dealkylation sites (N-methyl/N-ethyl adjacent to an activating group) is 1. The van der Waals surface area contributed by atoms with Gasteiger partial charge >= 0.3 is 0 Å². The van der Waals surface area contributed by atoms with Crippen molar-refractivity contribution >= 4 is 22.9 Å². The minimum absolute atomic E-state index is 0.507. The summed E-state index contributed by atoms with van der Waals surface area (Å²) in [6, 6.07) is 0.549. The second kappa shape index (κ2) is 5.25. The lowest BCUT2D eigenvalue weighted by molar-refractivity contribution is 0.156. The van der Waals surface area contributed by atoms with Gasteiger partial charge < -0.3 is 4.74 Å². The Morgan fingerprint density at radius 1 is 1.73 bits per heavy atom. The predicted molar refractivity (Wildman–Crippen MR) is 62.4 cm³/mol. The Hall–Kier alpha value is -0.160. The second-order valence-corrected chi connectivity index (χ2v) is 5.01. The molecule has 1 saturated heterocycles. The highest BCUT2D eigenvalue weighted by atomic mass is 35.5. The number of hydrogen-bond acceptors (Lipinski definition) is 4. The molecule has 1 aliphatic heterocycles. The van der Waals surface area contributed by atoms with Gasteiger partial charge in [0.2, 0.25) is 0 Å². The summed E-state index contributed by atoms with van der Waals surface area (Å²) in [5.74, 6) is 0.507. The van der Waals surface area contributed by atoms with Gasteiger partial charge in [-0.25, -0.2) is 4.98 Å². The van der Waals surface area contributed by atoms with Crippen LogP contribution in [-0.4, -0.2) is 36.2 Å². The van der Waals surface area contributed by atoms with E-state index < -0.39 is 0 Å². The van der Waals surface area contributed by atoms with Gasteiger partial charge in [0.05, 0.1) is 24.7 Å². The fraction of sp³-hybridized carbons (Fsp3) is 0.700. The highest BCUT2D eigenvalue weighted by molar-refractivity contribution is 7.09. The maximum Gasteiger partial charge on any atom is 0.107 e. The minimum Gasteiger partial charge on any atom is -0.380 e. The van der Waals surface area contributed by atoms with Crippen molar-refractivity contribution in [3.05, 3.63) is 16.1 Å². The summed E-state index contributed by atoms with van der Waals surface area (Å²) in [6.07, 6.45) is 1.13. The molecule has 2 heterocycles. The number of nitrogens with zero attached hydrogens (tertiary/aromatic N) is 2. The molecule has 1 aromatic rings. The molecule has 1 fully saturated rings. The molecule has 1 aromatic heterocycles. The van der Waals surface area contributed by atoms with Crippen LogP contribution >= 0.6 is 22.9 Å². The van der Waals surface area contributed by atoms with E-state index in [1.165, 1.54) is 0 Å². The maximum absolute atomic E-state index is 5.71. The van der Waals surface area contributed by atoms with Crippen LogP contribution in [0.4, 0.5) is 0 Å². The van der Waals surface area contributed by atoms with Crippen LogP contribution in [0.5, 0.6) is 0 Å². The number of aromatic nitrogens is 1. The lowest BCUT2D eigenvalue weighted by Gasteiger charge is -2.21. The molecule has 5 heteroatoms. The zero-order valence-electron chi connectivity index (χ0n) is 8.78. The third kappa shape index (κ3) is 2.91. The van der Waals surface area contributed by atoms with Gasteiger partial charge in [0.1, 0.15) is 5.01 Å². The summed E-state index contributed by atoms with van der Waals surface area (Å²) in [5.41, 5.74) is 0.979. The molecule has 1 aliphatic rings.